The zero-order chi connectivity index (χ0) is 12.1. The van der Waals surface area contributed by atoms with Gasteiger partial charge >= 0.3 is 0 Å². The van der Waals surface area contributed by atoms with Crippen molar-refractivity contribution >= 4 is 11.6 Å². The van der Waals surface area contributed by atoms with E-state index < -0.39 is 0 Å². The Kier molecular flexibility index (Phi) is 4.88. The van der Waals surface area contributed by atoms with Gasteiger partial charge in [0.1, 0.15) is 12.4 Å². The Bertz CT molecular complexity index is 380. The Balaban J connectivity index is 2.82. The predicted octanol–water partition coefficient (Wildman–Crippen LogP) is 4.64. The van der Waals surface area contributed by atoms with Crippen LogP contribution in [0.2, 0.25) is 0 Å². The second-order valence-electron chi connectivity index (χ2n) is 4.42. The molecule has 1 aromatic carbocycles. The highest BCUT2D eigenvalue weighted by Crippen LogP contribution is 2.24. The molecule has 1 nitrogen and oxygen atoms in total. The molecule has 0 aliphatic carbocycles. The Morgan fingerprint density at radius 1 is 1.44 bits per heavy atom. The SMILES string of the molecule is C/C(=C\Cl)COc1cc(C(C)C)ccc1C. The van der Waals surface area contributed by atoms with Gasteiger partial charge in [0.2, 0.25) is 0 Å². The van der Waals surface area contributed by atoms with Gasteiger partial charge in [0.15, 0.2) is 0 Å². The minimum absolute atomic E-state index is 0.521. The van der Waals surface area contributed by atoms with Gasteiger partial charge < -0.3 is 4.74 Å². The van der Waals surface area contributed by atoms with Gasteiger partial charge in [-0.3, -0.25) is 0 Å². The maximum absolute atomic E-state index is 5.73. The molecular weight excluding hydrogens is 220 g/mol. The molecule has 0 atom stereocenters. The summed E-state index contributed by atoms with van der Waals surface area (Å²) in [6, 6.07) is 6.36. The Labute approximate surface area is 103 Å². The molecule has 2 heteroatoms. The molecule has 0 saturated heterocycles. The third-order valence-corrected chi connectivity index (χ3v) is 2.89. The van der Waals surface area contributed by atoms with E-state index in [-0.39, 0.29) is 0 Å². The summed E-state index contributed by atoms with van der Waals surface area (Å²) in [5.74, 6) is 1.47. The molecule has 16 heavy (non-hydrogen) atoms. The lowest BCUT2D eigenvalue weighted by atomic mass is 10.0. The number of hydrogen-bond acceptors (Lipinski definition) is 1. The summed E-state index contributed by atoms with van der Waals surface area (Å²) in [6.07, 6.45) is 0. The number of halogens is 1. The Morgan fingerprint density at radius 2 is 2.12 bits per heavy atom. The lowest BCUT2D eigenvalue weighted by Crippen LogP contribution is -2.00. The zero-order valence-corrected chi connectivity index (χ0v) is 11.1. The van der Waals surface area contributed by atoms with Crippen LogP contribution in [0.25, 0.3) is 0 Å². The summed E-state index contributed by atoms with van der Waals surface area (Å²) < 4.78 is 5.73. The number of aryl methyl sites for hydroxylation is 1. The fraction of sp³-hybridized carbons (Fsp3) is 0.429. The minimum Gasteiger partial charge on any atom is -0.489 e. The Morgan fingerprint density at radius 3 is 2.69 bits per heavy atom. The average Bonchev–Trinajstić information content (AvgIpc) is 2.27. The van der Waals surface area contributed by atoms with Crippen molar-refractivity contribution in [2.45, 2.75) is 33.6 Å². The molecule has 0 amide bonds. The van der Waals surface area contributed by atoms with E-state index in [9.17, 15) is 0 Å². The summed E-state index contributed by atoms with van der Waals surface area (Å²) in [5, 5.41) is 0. The van der Waals surface area contributed by atoms with Crippen molar-refractivity contribution in [1.29, 1.82) is 0 Å². The fourth-order valence-corrected chi connectivity index (χ4v) is 1.42. The first-order valence-electron chi connectivity index (χ1n) is 5.53. The normalized spacial score (nSPS) is 12.0. The van der Waals surface area contributed by atoms with Crippen molar-refractivity contribution in [2.75, 3.05) is 6.61 Å². The number of hydrogen-bond donors (Lipinski definition) is 0. The lowest BCUT2D eigenvalue weighted by molar-refractivity contribution is 0.349. The summed E-state index contributed by atoms with van der Waals surface area (Å²) in [5.41, 5.74) is 5.04. The van der Waals surface area contributed by atoms with E-state index in [1.54, 1.807) is 5.54 Å². The van der Waals surface area contributed by atoms with Crippen LogP contribution in [0.1, 0.15) is 37.8 Å². The molecule has 0 radical (unpaired) electrons. The molecule has 1 aromatic rings. The maximum Gasteiger partial charge on any atom is 0.122 e. The van der Waals surface area contributed by atoms with Crippen LogP contribution in [0.5, 0.6) is 5.75 Å². The monoisotopic (exact) mass is 238 g/mol. The van der Waals surface area contributed by atoms with Crippen molar-refractivity contribution in [3.8, 4) is 5.75 Å². The van der Waals surface area contributed by atoms with Crippen LogP contribution >= 0.6 is 11.6 Å². The molecule has 0 fully saturated rings. The van der Waals surface area contributed by atoms with E-state index in [4.69, 9.17) is 16.3 Å². The van der Waals surface area contributed by atoms with Crippen LogP contribution in [0.15, 0.2) is 29.3 Å². The van der Waals surface area contributed by atoms with E-state index in [0.717, 1.165) is 16.9 Å². The lowest BCUT2D eigenvalue weighted by Gasteiger charge is -2.12. The van der Waals surface area contributed by atoms with Gasteiger partial charge in [0.05, 0.1) is 0 Å². The smallest absolute Gasteiger partial charge is 0.122 e. The molecule has 0 N–H and O–H groups in total. The molecule has 0 bridgehead atoms. The highest BCUT2D eigenvalue weighted by Gasteiger charge is 2.04. The molecule has 88 valence electrons. The minimum atomic E-state index is 0.521. The van der Waals surface area contributed by atoms with E-state index in [1.165, 1.54) is 5.56 Å². The Hall–Kier alpha value is -0.950. The highest BCUT2D eigenvalue weighted by molar-refractivity contribution is 6.25. The molecular formula is C14H19ClO. The third kappa shape index (κ3) is 3.57. The number of ether oxygens (including phenoxy) is 1. The predicted molar refractivity (Wildman–Crippen MR) is 70.4 cm³/mol. The van der Waals surface area contributed by atoms with Gasteiger partial charge in [-0.15, -0.1) is 0 Å². The summed E-state index contributed by atoms with van der Waals surface area (Å²) in [6.45, 7) is 8.91. The molecule has 0 aliphatic heterocycles. The number of rotatable bonds is 4. The van der Waals surface area contributed by atoms with Crippen LogP contribution in [0.4, 0.5) is 0 Å². The molecule has 0 aliphatic rings. The van der Waals surface area contributed by atoms with E-state index in [2.05, 4.69) is 39.0 Å². The van der Waals surface area contributed by atoms with Gasteiger partial charge in [-0.1, -0.05) is 37.6 Å². The zero-order valence-electron chi connectivity index (χ0n) is 10.4. The molecule has 0 aromatic heterocycles. The van der Waals surface area contributed by atoms with Gasteiger partial charge in [0, 0.05) is 5.54 Å². The molecule has 0 saturated carbocycles. The molecule has 0 heterocycles. The van der Waals surface area contributed by atoms with E-state index in [0.29, 0.717) is 12.5 Å². The second kappa shape index (κ2) is 5.95. The fourth-order valence-electron chi connectivity index (χ4n) is 1.35. The second-order valence-corrected chi connectivity index (χ2v) is 4.64. The maximum atomic E-state index is 5.73. The topological polar surface area (TPSA) is 9.23 Å². The molecule has 1 rings (SSSR count). The molecule has 0 unspecified atom stereocenters. The largest absolute Gasteiger partial charge is 0.489 e. The van der Waals surface area contributed by atoms with Crippen molar-refractivity contribution in [2.24, 2.45) is 0 Å². The molecule has 0 spiro atoms. The first-order valence-corrected chi connectivity index (χ1v) is 5.97. The van der Waals surface area contributed by atoms with Crippen LogP contribution in [0.3, 0.4) is 0 Å². The van der Waals surface area contributed by atoms with Crippen molar-refractivity contribution < 1.29 is 4.74 Å². The quantitative estimate of drug-likeness (QED) is 0.743. The van der Waals surface area contributed by atoms with Crippen LogP contribution in [-0.2, 0) is 0 Å². The summed E-state index contributed by atoms with van der Waals surface area (Å²) >= 11 is 5.60. The highest BCUT2D eigenvalue weighted by atomic mass is 35.5. The third-order valence-electron chi connectivity index (χ3n) is 2.52. The van der Waals surface area contributed by atoms with Crippen molar-refractivity contribution in [3.05, 3.63) is 40.4 Å². The summed E-state index contributed by atoms with van der Waals surface area (Å²) in [4.78, 5) is 0. The van der Waals surface area contributed by atoms with Crippen LogP contribution in [-0.4, -0.2) is 6.61 Å². The van der Waals surface area contributed by atoms with E-state index >= 15 is 0 Å². The number of benzene rings is 1. The first-order chi connectivity index (χ1) is 7.54. The first kappa shape index (κ1) is 13.1. The van der Waals surface area contributed by atoms with Crippen molar-refractivity contribution in [3.63, 3.8) is 0 Å². The van der Waals surface area contributed by atoms with E-state index in [1.807, 2.05) is 6.92 Å². The standard InChI is InChI=1S/C14H19ClO/c1-10(2)13-6-5-12(4)14(7-13)16-9-11(3)8-15/h5-8,10H,9H2,1-4H3/b11-8+. The van der Waals surface area contributed by atoms with Gasteiger partial charge in [-0.2, -0.15) is 0 Å². The summed E-state index contributed by atoms with van der Waals surface area (Å²) in [7, 11) is 0. The van der Waals surface area contributed by atoms with Crippen molar-refractivity contribution in [1.82, 2.24) is 0 Å². The van der Waals surface area contributed by atoms with Gasteiger partial charge in [-0.05, 0) is 42.5 Å². The van der Waals surface area contributed by atoms with Crippen LogP contribution in [0, 0.1) is 6.92 Å². The average molecular weight is 239 g/mol. The van der Waals surface area contributed by atoms with Gasteiger partial charge in [-0.25, -0.2) is 0 Å². The van der Waals surface area contributed by atoms with Crippen LogP contribution < -0.4 is 4.74 Å². The van der Waals surface area contributed by atoms with Gasteiger partial charge in [0.25, 0.3) is 0 Å².